The van der Waals surface area contributed by atoms with E-state index in [4.69, 9.17) is 0 Å². The first-order chi connectivity index (χ1) is 9.37. The minimum atomic E-state index is -3.58. The van der Waals surface area contributed by atoms with Gasteiger partial charge in [0.05, 0.1) is 5.60 Å². The molecule has 1 aromatic rings. The van der Waals surface area contributed by atoms with Gasteiger partial charge in [-0.3, -0.25) is 0 Å². The van der Waals surface area contributed by atoms with Gasteiger partial charge < -0.3 is 10.4 Å². The number of aliphatic hydroxyl groups is 1. The highest BCUT2D eigenvalue weighted by Gasteiger charge is 2.32. The lowest BCUT2D eigenvalue weighted by atomic mass is 9.98. The number of nitrogens with zero attached hydrogens (tertiary/aromatic N) is 2. The molecule has 1 saturated heterocycles. The number of aromatic nitrogens is 1. The molecule has 1 atom stereocenters. The topological polar surface area (TPSA) is 82.5 Å². The molecular weight excluding hydrogens is 278 g/mol. The second-order valence-electron chi connectivity index (χ2n) is 5.35. The van der Waals surface area contributed by atoms with Crippen molar-refractivity contribution in [2.45, 2.75) is 36.7 Å². The Balaban J connectivity index is 2.30. The zero-order valence-electron chi connectivity index (χ0n) is 11.8. The van der Waals surface area contributed by atoms with Gasteiger partial charge in [-0.25, -0.2) is 13.4 Å². The lowest BCUT2D eigenvalue weighted by molar-refractivity contribution is 0.0465. The number of nitrogens with one attached hydrogen (secondary N) is 1. The first-order valence-electron chi connectivity index (χ1n) is 6.72. The van der Waals surface area contributed by atoms with Gasteiger partial charge in [-0.2, -0.15) is 4.31 Å². The Bertz CT molecular complexity index is 572. The zero-order chi connectivity index (χ0) is 14.8. The van der Waals surface area contributed by atoms with Crippen LogP contribution in [0.25, 0.3) is 0 Å². The molecule has 2 N–H and O–H groups in total. The van der Waals surface area contributed by atoms with Gasteiger partial charge in [0, 0.05) is 26.3 Å². The SMILES string of the molecule is CNc1ncccc1S(=O)(=O)N1CCCC(C)(O)CC1. The van der Waals surface area contributed by atoms with E-state index in [9.17, 15) is 13.5 Å². The highest BCUT2D eigenvalue weighted by Crippen LogP contribution is 2.27. The second kappa shape index (κ2) is 5.67. The molecule has 2 heterocycles. The first-order valence-corrected chi connectivity index (χ1v) is 8.16. The predicted octanol–water partition coefficient (Wildman–Crippen LogP) is 1.05. The van der Waals surface area contributed by atoms with Crippen molar-refractivity contribution in [3.8, 4) is 0 Å². The van der Waals surface area contributed by atoms with Gasteiger partial charge >= 0.3 is 0 Å². The number of rotatable bonds is 3. The summed E-state index contributed by atoms with van der Waals surface area (Å²) < 4.78 is 26.8. The van der Waals surface area contributed by atoms with Crippen molar-refractivity contribution in [3.05, 3.63) is 18.3 Å². The Labute approximate surface area is 119 Å². The van der Waals surface area contributed by atoms with Crippen LogP contribution in [0.1, 0.15) is 26.2 Å². The molecule has 0 radical (unpaired) electrons. The van der Waals surface area contributed by atoms with E-state index in [2.05, 4.69) is 10.3 Å². The molecule has 0 amide bonds. The summed E-state index contributed by atoms with van der Waals surface area (Å²) in [4.78, 5) is 4.23. The predicted molar refractivity (Wildman–Crippen MR) is 77.0 cm³/mol. The molecule has 0 saturated carbocycles. The van der Waals surface area contributed by atoms with E-state index in [1.54, 1.807) is 32.3 Å². The maximum Gasteiger partial charge on any atom is 0.246 e. The van der Waals surface area contributed by atoms with E-state index >= 15 is 0 Å². The van der Waals surface area contributed by atoms with E-state index in [0.717, 1.165) is 0 Å². The second-order valence-corrected chi connectivity index (χ2v) is 7.26. The molecular formula is C13H21N3O3S. The van der Waals surface area contributed by atoms with Crippen LogP contribution in [0.2, 0.25) is 0 Å². The van der Waals surface area contributed by atoms with Crippen molar-refractivity contribution < 1.29 is 13.5 Å². The van der Waals surface area contributed by atoms with Gasteiger partial charge in [0.25, 0.3) is 0 Å². The van der Waals surface area contributed by atoms with Gasteiger partial charge in [0.1, 0.15) is 10.7 Å². The zero-order valence-corrected chi connectivity index (χ0v) is 12.7. The van der Waals surface area contributed by atoms with Gasteiger partial charge in [-0.05, 0) is 38.3 Å². The standard InChI is InChI=1S/C13H21N3O3S/c1-13(17)6-4-9-16(10-7-13)20(18,19)11-5-3-8-15-12(11)14-2/h3,5,8,17H,4,6-7,9-10H2,1-2H3,(H,14,15). The third kappa shape index (κ3) is 3.11. The molecule has 0 bridgehead atoms. The van der Waals surface area contributed by atoms with Crippen molar-refractivity contribution >= 4 is 15.8 Å². The summed E-state index contributed by atoms with van der Waals surface area (Å²) in [6.45, 7) is 2.51. The normalized spacial score (nSPS) is 25.1. The van der Waals surface area contributed by atoms with Crippen LogP contribution in [0.3, 0.4) is 0 Å². The summed E-state index contributed by atoms with van der Waals surface area (Å²) >= 11 is 0. The summed E-state index contributed by atoms with van der Waals surface area (Å²) in [5.41, 5.74) is -0.787. The monoisotopic (exact) mass is 299 g/mol. The van der Waals surface area contributed by atoms with E-state index in [-0.39, 0.29) is 4.90 Å². The summed E-state index contributed by atoms with van der Waals surface area (Å²) in [6, 6.07) is 3.17. The van der Waals surface area contributed by atoms with Gasteiger partial charge in [-0.15, -0.1) is 0 Å². The van der Waals surface area contributed by atoms with Crippen LogP contribution in [0, 0.1) is 0 Å². The van der Waals surface area contributed by atoms with Crippen LogP contribution < -0.4 is 5.32 Å². The number of sulfonamides is 1. The number of anilines is 1. The molecule has 0 aliphatic carbocycles. The summed E-state index contributed by atoms with van der Waals surface area (Å²) in [5.74, 6) is 0.350. The smallest absolute Gasteiger partial charge is 0.246 e. The van der Waals surface area contributed by atoms with Crippen molar-refractivity contribution in [3.63, 3.8) is 0 Å². The molecule has 20 heavy (non-hydrogen) atoms. The molecule has 1 aliphatic heterocycles. The number of hydrogen-bond acceptors (Lipinski definition) is 5. The van der Waals surface area contributed by atoms with Crippen molar-refractivity contribution in [1.82, 2.24) is 9.29 Å². The van der Waals surface area contributed by atoms with E-state index in [1.807, 2.05) is 0 Å². The largest absolute Gasteiger partial charge is 0.390 e. The highest BCUT2D eigenvalue weighted by molar-refractivity contribution is 7.89. The fraction of sp³-hybridized carbons (Fsp3) is 0.615. The Morgan fingerprint density at radius 1 is 1.40 bits per heavy atom. The van der Waals surface area contributed by atoms with E-state index in [1.165, 1.54) is 4.31 Å². The third-order valence-electron chi connectivity index (χ3n) is 3.65. The third-order valence-corrected chi connectivity index (χ3v) is 5.58. The lowest BCUT2D eigenvalue weighted by Crippen LogP contribution is -2.34. The average Bonchev–Trinajstić information content (AvgIpc) is 2.60. The molecule has 0 spiro atoms. The molecule has 1 aliphatic rings. The van der Waals surface area contributed by atoms with Crippen molar-refractivity contribution in [1.29, 1.82) is 0 Å². The molecule has 2 rings (SSSR count). The molecule has 1 aromatic heterocycles. The van der Waals surface area contributed by atoms with Crippen molar-refractivity contribution in [2.24, 2.45) is 0 Å². The summed E-state index contributed by atoms with van der Waals surface area (Å²) in [6.07, 6.45) is 3.27. The average molecular weight is 299 g/mol. The maximum atomic E-state index is 12.7. The fourth-order valence-corrected chi connectivity index (χ4v) is 4.03. The Hall–Kier alpha value is -1.18. The number of pyridine rings is 1. The van der Waals surface area contributed by atoms with E-state index in [0.29, 0.717) is 38.2 Å². The minimum absolute atomic E-state index is 0.184. The van der Waals surface area contributed by atoms with Crippen LogP contribution in [0.4, 0.5) is 5.82 Å². The van der Waals surface area contributed by atoms with Crippen LogP contribution >= 0.6 is 0 Å². The van der Waals surface area contributed by atoms with Gasteiger partial charge in [0.15, 0.2) is 0 Å². The van der Waals surface area contributed by atoms with Gasteiger partial charge in [-0.1, -0.05) is 0 Å². The lowest BCUT2D eigenvalue weighted by Gasteiger charge is -2.22. The molecule has 7 heteroatoms. The van der Waals surface area contributed by atoms with Gasteiger partial charge in [0.2, 0.25) is 10.0 Å². The highest BCUT2D eigenvalue weighted by atomic mass is 32.2. The quantitative estimate of drug-likeness (QED) is 0.871. The maximum absolute atomic E-state index is 12.7. The summed E-state index contributed by atoms with van der Waals surface area (Å²) in [5, 5.41) is 12.9. The van der Waals surface area contributed by atoms with Crippen LogP contribution in [0.5, 0.6) is 0 Å². The fourth-order valence-electron chi connectivity index (χ4n) is 2.40. The Kier molecular flexibility index (Phi) is 4.31. The van der Waals surface area contributed by atoms with E-state index < -0.39 is 15.6 Å². The molecule has 1 fully saturated rings. The molecule has 1 unspecified atom stereocenters. The first kappa shape index (κ1) is 15.2. The molecule has 0 aromatic carbocycles. The van der Waals surface area contributed by atoms with Crippen LogP contribution in [-0.4, -0.2) is 48.6 Å². The molecule has 112 valence electrons. The number of hydrogen-bond donors (Lipinski definition) is 2. The van der Waals surface area contributed by atoms with Crippen LogP contribution in [-0.2, 0) is 10.0 Å². The molecule has 6 nitrogen and oxygen atoms in total. The Morgan fingerprint density at radius 2 is 2.15 bits per heavy atom. The minimum Gasteiger partial charge on any atom is -0.390 e. The van der Waals surface area contributed by atoms with Crippen molar-refractivity contribution in [2.75, 3.05) is 25.5 Å². The van der Waals surface area contributed by atoms with Crippen LogP contribution in [0.15, 0.2) is 23.2 Å². The Morgan fingerprint density at radius 3 is 2.85 bits per heavy atom. The summed E-state index contributed by atoms with van der Waals surface area (Å²) in [7, 11) is -1.93.